The first-order valence-corrected chi connectivity index (χ1v) is 4.70. The van der Waals surface area contributed by atoms with Crippen molar-refractivity contribution in [2.75, 3.05) is 20.8 Å². The largest absolute Gasteiger partial charge is 0.493 e. The van der Waals surface area contributed by atoms with E-state index in [1.165, 1.54) is 14.2 Å². The predicted octanol–water partition coefficient (Wildman–Crippen LogP) is 0.568. The zero-order chi connectivity index (χ0) is 12.1. The number of rotatable bonds is 4. The van der Waals surface area contributed by atoms with E-state index in [1.807, 2.05) is 6.07 Å². The van der Waals surface area contributed by atoms with Crippen molar-refractivity contribution < 1.29 is 14.6 Å². The molecule has 0 heterocycles. The Hall–Kier alpha value is -1.77. The average molecular weight is 222 g/mol. The Morgan fingerprint density at radius 1 is 1.44 bits per heavy atom. The van der Waals surface area contributed by atoms with Crippen LogP contribution in [0.1, 0.15) is 17.2 Å². The van der Waals surface area contributed by atoms with E-state index in [9.17, 15) is 0 Å². The maximum absolute atomic E-state index is 9.03. The van der Waals surface area contributed by atoms with Gasteiger partial charge in [-0.05, 0) is 6.07 Å². The Balaban J connectivity index is 3.38. The van der Waals surface area contributed by atoms with Crippen LogP contribution in [0, 0.1) is 11.3 Å². The highest BCUT2D eigenvalue weighted by molar-refractivity contribution is 5.53. The second-order valence-corrected chi connectivity index (χ2v) is 3.20. The van der Waals surface area contributed by atoms with Crippen LogP contribution in [0.25, 0.3) is 0 Å². The van der Waals surface area contributed by atoms with Gasteiger partial charge in [0.25, 0.3) is 0 Å². The quantitative estimate of drug-likeness (QED) is 0.777. The van der Waals surface area contributed by atoms with Gasteiger partial charge in [0.2, 0.25) is 0 Å². The fourth-order valence-corrected chi connectivity index (χ4v) is 1.43. The third-order valence-corrected chi connectivity index (χ3v) is 2.23. The van der Waals surface area contributed by atoms with Gasteiger partial charge >= 0.3 is 0 Å². The summed E-state index contributed by atoms with van der Waals surface area (Å²) in [6, 6.07) is 4.55. The van der Waals surface area contributed by atoms with Crippen molar-refractivity contribution in [3.05, 3.63) is 23.3 Å². The standard InChI is InChI=1S/C11H14N2O3/c1-15-10-4-7(5-12)3-8(9(13)6-14)11(10)16-2/h3-4,9,14H,6,13H2,1-2H3. The molecule has 0 aliphatic rings. The fourth-order valence-electron chi connectivity index (χ4n) is 1.43. The van der Waals surface area contributed by atoms with E-state index in [0.717, 1.165) is 0 Å². The van der Waals surface area contributed by atoms with E-state index in [-0.39, 0.29) is 6.61 Å². The maximum atomic E-state index is 9.03. The summed E-state index contributed by atoms with van der Waals surface area (Å²) in [6.07, 6.45) is 0. The van der Waals surface area contributed by atoms with Gasteiger partial charge in [0, 0.05) is 11.6 Å². The van der Waals surface area contributed by atoms with E-state index >= 15 is 0 Å². The van der Waals surface area contributed by atoms with Gasteiger partial charge in [-0.15, -0.1) is 0 Å². The van der Waals surface area contributed by atoms with Gasteiger partial charge in [-0.2, -0.15) is 5.26 Å². The molecule has 86 valence electrons. The fraction of sp³-hybridized carbons (Fsp3) is 0.364. The molecule has 1 aromatic carbocycles. The van der Waals surface area contributed by atoms with Gasteiger partial charge < -0.3 is 20.3 Å². The molecule has 0 amide bonds. The van der Waals surface area contributed by atoms with Crippen molar-refractivity contribution in [2.24, 2.45) is 5.73 Å². The van der Waals surface area contributed by atoms with E-state index in [2.05, 4.69) is 0 Å². The molecule has 3 N–H and O–H groups in total. The molecule has 5 heteroatoms. The molecule has 0 aliphatic carbocycles. The summed E-state index contributed by atoms with van der Waals surface area (Å²) in [6.45, 7) is -0.228. The SMILES string of the molecule is COc1cc(C#N)cc(C(N)CO)c1OC. The number of benzene rings is 1. The van der Waals surface area contributed by atoms with Crippen LogP contribution in [-0.4, -0.2) is 25.9 Å². The topological polar surface area (TPSA) is 88.5 Å². The lowest BCUT2D eigenvalue weighted by Gasteiger charge is -2.16. The van der Waals surface area contributed by atoms with Gasteiger partial charge in [0.15, 0.2) is 11.5 Å². The Morgan fingerprint density at radius 2 is 2.12 bits per heavy atom. The number of methoxy groups -OCH3 is 2. The minimum Gasteiger partial charge on any atom is -0.493 e. The van der Waals surface area contributed by atoms with E-state index in [0.29, 0.717) is 22.6 Å². The number of hydrogen-bond acceptors (Lipinski definition) is 5. The molecule has 1 rings (SSSR count). The van der Waals surface area contributed by atoms with Crippen LogP contribution in [0.15, 0.2) is 12.1 Å². The summed E-state index contributed by atoms with van der Waals surface area (Å²) in [7, 11) is 2.96. The maximum Gasteiger partial charge on any atom is 0.165 e. The Bertz CT molecular complexity index is 412. The van der Waals surface area contributed by atoms with Gasteiger partial charge in [-0.25, -0.2) is 0 Å². The highest BCUT2D eigenvalue weighted by Crippen LogP contribution is 2.35. The molecular weight excluding hydrogens is 208 g/mol. The number of nitriles is 1. The first-order valence-electron chi connectivity index (χ1n) is 4.70. The lowest BCUT2D eigenvalue weighted by molar-refractivity contribution is 0.263. The summed E-state index contributed by atoms with van der Waals surface area (Å²) < 4.78 is 10.3. The van der Waals surface area contributed by atoms with Crippen LogP contribution >= 0.6 is 0 Å². The zero-order valence-electron chi connectivity index (χ0n) is 9.23. The molecule has 1 aromatic rings. The minimum absolute atomic E-state index is 0.228. The van der Waals surface area contributed by atoms with Crippen molar-refractivity contribution in [1.82, 2.24) is 0 Å². The lowest BCUT2D eigenvalue weighted by atomic mass is 10.0. The molecule has 0 saturated heterocycles. The Labute approximate surface area is 94.0 Å². The summed E-state index contributed by atoms with van der Waals surface area (Å²) in [5.74, 6) is 0.878. The van der Waals surface area contributed by atoms with E-state index < -0.39 is 6.04 Å². The first-order chi connectivity index (χ1) is 7.67. The first kappa shape index (κ1) is 12.3. The van der Waals surface area contributed by atoms with Gasteiger partial charge in [0.05, 0.1) is 38.5 Å². The molecule has 0 fully saturated rings. The van der Waals surface area contributed by atoms with Crippen LogP contribution in [0.5, 0.6) is 11.5 Å². The molecule has 0 saturated carbocycles. The van der Waals surface area contributed by atoms with E-state index in [1.54, 1.807) is 12.1 Å². The predicted molar refractivity (Wildman–Crippen MR) is 58.3 cm³/mol. The normalized spacial score (nSPS) is 11.7. The van der Waals surface area contributed by atoms with Gasteiger partial charge in [-0.3, -0.25) is 0 Å². The van der Waals surface area contributed by atoms with Crippen LogP contribution in [0.4, 0.5) is 0 Å². The number of aliphatic hydroxyl groups is 1. The highest BCUT2D eigenvalue weighted by atomic mass is 16.5. The average Bonchev–Trinajstić information content (AvgIpc) is 2.35. The number of nitrogens with zero attached hydrogens (tertiary/aromatic N) is 1. The number of nitrogens with two attached hydrogens (primary N) is 1. The molecule has 16 heavy (non-hydrogen) atoms. The minimum atomic E-state index is -0.600. The van der Waals surface area contributed by atoms with Crippen molar-refractivity contribution in [3.63, 3.8) is 0 Å². The third-order valence-electron chi connectivity index (χ3n) is 2.23. The second-order valence-electron chi connectivity index (χ2n) is 3.20. The Kier molecular flexibility index (Phi) is 4.11. The van der Waals surface area contributed by atoms with Gasteiger partial charge in [-0.1, -0.05) is 0 Å². The third kappa shape index (κ3) is 2.24. The summed E-state index contributed by atoms with van der Waals surface area (Å²) in [5, 5.41) is 17.9. The molecule has 0 aromatic heterocycles. The second kappa shape index (κ2) is 5.35. The monoisotopic (exact) mass is 222 g/mol. The lowest BCUT2D eigenvalue weighted by Crippen LogP contribution is -2.16. The molecular formula is C11H14N2O3. The molecule has 0 aliphatic heterocycles. The highest BCUT2D eigenvalue weighted by Gasteiger charge is 2.17. The van der Waals surface area contributed by atoms with E-state index in [4.69, 9.17) is 25.6 Å². The van der Waals surface area contributed by atoms with Crippen LogP contribution in [-0.2, 0) is 0 Å². The smallest absolute Gasteiger partial charge is 0.165 e. The van der Waals surface area contributed by atoms with Crippen LogP contribution < -0.4 is 15.2 Å². The molecule has 1 atom stereocenters. The summed E-state index contributed by atoms with van der Waals surface area (Å²) >= 11 is 0. The molecule has 0 radical (unpaired) electrons. The number of ether oxygens (including phenoxy) is 2. The Morgan fingerprint density at radius 3 is 2.56 bits per heavy atom. The van der Waals surface area contributed by atoms with Crippen molar-refractivity contribution >= 4 is 0 Å². The molecule has 1 unspecified atom stereocenters. The van der Waals surface area contributed by atoms with Crippen molar-refractivity contribution in [1.29, 1.82) is 5.26 Å². The van der Waals surface area contributed by atoms with Gasteiger partial charge in [0.1, 0.15) is 0 Å². The summed E-state index contributed by atoms with van der Waals surface area (Å²) in [5.41, 5.74) is 6.69. The van der Waals surface area contributed by atoms with Crippen LogP contribution in [0.2, 0.25) is 0 Å². The number of hydrogen-bond donors (Lipinski definition) is 2. The molecule has 0 spiro atoms. The number of aliphatic hydroxyl groups excluding tert-OH is 1. The molecule has 0 bridgehead atoms. The zero-order valence-corrected chi connectivity index (χ0v) is 9.23. The van der Waals surface area contributed by atoms with Crippen LogP contribution in [0.3, 0.4) is 0 Å². The molecule has 5 nitrogen and oxygen atoms in total. The van der Waals surface area contributed by atoms with Crippen molar-refractivity contribution in [2.45, 2.75) is 6.04 Å². The summed E-state index contributed by atoms with van der Waals surface area (Å²) in [4.78, 5) is 0. The van der Waals surface area contributed by atoms with Crippen molar-refractivity contribution in [3.8, 4) is 17.6 Å².